The van der Waals surface area contributed by atoms with Gasteiger partial charge in [0.1, 0.15) is 10.4 Å². The van der Waals surface area contributed by atoms with Gasteiger partial charge < -0.3 is 14.1 Å². The number of hydrogen-bond donors (Lipinski definition) is 1. The first-order chi connectivity index (χ1) is 12.8. The van der Waals surface area contributed by atoms with Gasteiger partial charge in [-0.05, 0) is 50.6 Å². The molecule has 0 radical (unpaired) electrons. The average molecular weight is 403 g/mol. The second-order valence-corrected chi connectivity index (χ2v) is 7.89. The van der Waals surface area contributed by atoms with E-state index >= 15 is 0 Å². The van der Waals surface area contributed by atoms with Crippen LogP contribution in [0.15, 0.2) is 33.5 Å². The number of fused-ring (bicyclic) bond motifs is 2. The summed E-state index contributed by atoms with van der Waals surface area (Å²) in [7, 11) is 0. The molecule has 8 heteroatoms. The molecule has 1 aromatic carbocycles. The highest BCUT2D eigenvalue weighted by atomic mass is 35.5. The Labute approximate surface area is 162 Å². The fraction of sp³-hybridized carbons (Fsp3) is 0.211. The van der Waals surface area contributed by atoms with Gasteiger partial charge >= 0.3 is 5.97 Å². The van der Waals surface area contributed by atoms with Crippen molar-refractivity contribution in [1.29, 1.82) is 0 Å². The number of hydrogen-bond acceptors (Lipinski definition) is 6. The van der Waals surface area contributed by atoms with E-state index in [1.165, 1.54) is 11.3 Å². The Kier molecular flexibility index (Phi) is 4.28. The van der Waals surface area contributed by atoms with E-state index in [0.717, 1.165) is 10.4 Å². The number of benzene rings is 1. The summed E-state index contributed by atoms with van der Waals surface area (Å²) in [6, 6.07) is 6.64. The van der Waals surface area contributed by atoms with Crippen molar-refractivity contribution in [2.75, 3.05) is 0 Å². The number of nitrogens with zero attached hydrogens (tertiary/aromatic N) is 1. The molecule has 0 aliphatic heterocycles. The van der Waals surface area contributed by atoms with Crippen LogP contribution in [0.25, 0.3) is 21.2 Å². The molecule has 0 saturated carbocycles. The Balaban J connectivity index is 1.62. The van der Waals surface area contributed by atoms with E-state index in [1.807, 2.05) is 13.8 Å². The number of H-pyrrole nitrogens is 1. The minimum absolute atomic E-state index is 0.0605. The molecule has 0 unspecified atom stereocenters. The van der Waals surface area contributed by atoms with Gasteiger partial charge in [0, 0.05) is 15.3 Å². The number of esters is 1. The van der Waals surface area contributed by atoms with Gasteiger partial charge in [-0.2, -0.15) is 0 Å². The molecular weight excluding hydrogens is 388 g/mol. The van der Waals surface area contributed by atoms with Crippen molar-refractivity contribution < 1.29 is 13.9 Å². The van der Waals surface area contributed by atoms with Crippen molar-refractivity contribution in [3.8, 4) is 0 Å². The summed E-state index contributed by atoms with van der Waals surface area (Å²) in [4.78, 5) is 33.6. The van der Waals surface area contributed by atoms with Crippen LogP contribution in [0, 0.1) is 13.8 Å². The number of aromatic nitrogens is 2. The molecule has 0 aliphatic carbocycles. The van der Waals surface area contributed by atoms with E-state index in [4.69, 9.17) is 20.8 Å². The maximum Gasteiger partial charge on any atom is 0.374 e. The maximum atomic E-state index is 12.4. The van der Waals surface area contributed by atoms with E-state index < -0.39 is 12.1 Å². The lowest BCUT2D eigenvalue weighted by Crippen LogP contribution is -2.17. The van der Waals surface area contributed by atoms with Crippen LogP contribution in [0.2, 0.25) is 5.02 Å². The molecule has 6 nitrogen and oxygen atoms in total. The molecule has 138 valence electrons. The van der Waals surface area contributed by atoms with Gasteiger partial charge in [0.05, 0.1) is 5.39 Å². The van der Waals surface area contributed by atoms with Gasteiger partial charge in [-0.15, -0.1) is 11.3 Å². The van der Waals surface area contributed by atoms with Gasteiger partial charge in [0.25, 0.3) is 5.56 Å². The van der Waals surface area contributed by atoms with Crippen molar-refractivity contribution >= 4 is 50.1 Å². The van der Waals surface area contributed by atoms with Crippen LogP contribution < -0.4 is 5.56 Å². The second kappa shape index (κ2) is 6.51. The van der Waals surface area contributed by atoms with E-state index in [1.54, 1.807) is 31.2 Å². The number of aryl methyl sites for hydroxylation is 2. The highest BCUT2D eigenvalue weighted by molar-refractivity contribution is 7.18. The molecule has 0 fully saturated rings. The standard InChI is InChI=1S/C19H15ClN2O4S/c1-8-10(3)27-18-15(8)17(23)21-16(22-18)9(2)25-19(24)14-7-11-6-12(20)4-5-13(11)26-14/h4-7,9H,1-3H3,(H,21,22,23)/t9-/m1/s1. The molecule has 1 atom stereocenters. The fourth-order valence-electron chi connectivity index (χ4n) is 2.85. The molecule has 0 amide bonds. The van der Waals surface area contributed by atoms with E-state index in [2.05, 4.69) is 9.97 Å². The van der Waals surface area contributed by atoms with Gasteiger partial charge in [0.15, 0.2) is 11.9 Å². The lowest BCUT2D eigenvalue weighted by molar-refractivity contribution is 0.0286. The first-order valence-corrected chi connectivity index (χ1v) is 9.43. The van der Waals surface area contributed by atoms with Crippen LogP contribution in [0.4, 0.5) is 0 Å². The monoisotopic (exact) mass is 402 g/mol. The van der Waals surface area contributed by atoms with Gasteiger partial charge in [-0.1, -0.05) is 11.6 Å². The number of rotatable bonds is 3. The zero-order valence-corrected chi connectivity index (χ0v) is 16.3. The average Bonchev–Trinajstić information content (AvgIpc) is 3.15. The van der Waals surface area contributed by atoms with Crippen LogP contribution in [-0.4, -0.2) is 15.9 Å². The number of ether oxygens (including phenoxy) is 1. The van der Waals surface area contributed by atoms with Crippen LogP contribution in [0.3, 0.4) is 0 Å². The Morgan fingerprint density at radius 1 is 1.33 bits per heavy atom. The molecular formula is C19H15ClN2O4S. The summed E-state index contributed by atoms with van der Waals surface area (Å²) >= 11 is 7.39. The van der Waals surface area contributed by atoms with Gasteiger partial charge in [-0.3, -0.25) is 4.79 Å². The normalized spacial score (nSPS) is 12.6. The summed E-state index contributed by atoms with van der Waals surface area (Å²) < 4.78 is 10.9. The SMILES string of the molecule is Cc1sc2nc([C@@H](C)OC(=O)c3cc4cc(Cl)ccc4o3)[nH]c(=O)c2c1C. The summed E-state index contributed by atoms with van der Waals surface area (Å²) in [5.74, 6) is -0.289. The third kappa shape index (κ3) is 3.13. The van der Waals surface area contributed by atoms with Crippen LogP contribution in [-0.2, 0) is 4.74 Å². The zero-order chi connectivity index (χ0) is 19.3. The van der Waals surface area contributed by atoms with Crippen molar-refractivity contribution in [2.24, 2.45) is 0 Å². The van der Waals surface area contributed by atoms with Crippen molar-refractivity contribution in [2.45, 2.75) is 26.9 Å². The van der Waals surface area contributed by atoms with E-state index in [9.17, 15) is 9.59 Å². The number of aromatic amines is 1. The minimum atomic E-state index is -0.742. The summed E-state index contributed by atoms with van der Waals surface area (Å²) in [5.41, 5.74) is 1.22. The van der Waals surface area contributed by atoms with Crippen LogP contribution in [0.5, 0.6) is 0 Å². The molecule has 0 bridgehead atoms. The lowest BCUT2D eigenvalue weighted by Gasteiger charge is -2.11. The summed E-state index contributed by atoms with van der Waals surface area (Å²) in [6.07, 6.45) is -0.742. The molecule has 0 saturated heterocycles. The lowest BCUT2D eigenvalue weighted by atomic mass is 10.2. The predicted octanol–water partition coefficient (Wildman–Crippen LogP) is 4.92. The zero-order valence-electron chi connectivity index (χ0n) is 14.8. The highest BCUT2D eigenvalue weighted by Crippen LogP contribution is 2.28. The van der Waals surface area contributed by atoms with Crippen molar-refractivity contribution in [1.82, 2.24) is 9.97 Å². The van der Waals surface area contributed by atoms with E-state index in [0.29, 0.717) is 32.0 Å². The third-order valence-electron chi connectivity index (χ3n) is 4.41. The summed E-state index contributed by atoms with van der Waals surface area (Å²) in [5, 5.41) is 1.83. The third-order valence-corrected chi connectivity index (χ3v) is 5.74. The van der Waals surface area contributed by atoms with Gasteiger partial charge in [0.2, 0.25) is 5.76 Å². The Morgan fingerprint density at radius 3 is 2.89 bits per heavy atom. The van der Waals surface area contributed by atoms with Crippen molar-refractivity contribution in [3.63, 3.8) is 0 Å². The molecule has 0 aliphatic rings. The van der Waals surface area contributed by atoms with Crippen LogP contribution >= 0.6 is 22.9 Å². The molecule has 27 heavy (non-hydrogen) atoms. The molecule has 1 N–H and O–H groups in total. The highest BCUT2D eigenvalue weighted by Gasteiger charge is 2.21. The minimum Gasteiger partial charge on any atom is -0.449 e. The molecule has 4 rings (SSSR count). The number of halogens is 1. The first kappa shape index (κ1) is 17.8. The Morgan fingerprint density at radius 2 is 2.11 bits per heavy atom. The second-order valence-electron chi connectivity index (χ2n) is 6.25. The molecule has 0 spiro atoms. The largest absolute Gasteiger partial charge is 0.449 e. The predicted molar refractivity (Wildman–Crippen MR) is 105 cm³/mol. The number of carbonyl (C=O) groups is 1. The topological polar surface area (TPSA) is 85.2 Å². The molecule has 3 heterocycles. The van der Waals surface area contributed by atoms with E-state index in [-0.39, 0.29) is 11.3 Å². The first-order valence-electron chi connectivity index (χ1n) is 8.23. The number of nitrogens with one attached hydrogen (secondary N) is 1. The molecule has 4 aromatic rings. The Hall–Kier alpha value is -2.64. The number of furan rings is 1. The maximum absolute atomic E-state index is 12.4. The quantitative estimate of drug-likeness (QED) is 0.491. The van der Waals surface area contributed by atoms with Crippen molar-refractivity contribution in [3.05, 3.63) is 61.7 Å². The number of thiophene rings is 1. The van der Waals surface area contributed by atoms with Crippen LogP contribution in [0.1, 0.15) is 39.8 Å². The Bertz CT molecular complexity index is 1250. The molecule has 3 aromatic heterocycles. The smallest absolute Gasteiger partial charge is 0.374 e. The number of carbonyl (C=O) groups excluding carboxylic acids is 1. The fourth-order valence-corrected chi connectivity index (χ4v) is 4.07. The van der Waals surface area contributed by atoms with Gasteiger partial charge in [-0.25, -0.2) is 9.78 Å². The summed E-state index contributed by atoms with van der Waals surface area (Å²) in [6.45, 7) is 5.48.